The number of nitrogens with zero attached hydrogens (tertiary/aromatic N) is 3. The third kappa shape index (κ3) is 3.33. The smallest absolute Gasteiger partial charge is 0.261 e. The lowest BCUT2D eigenvalue weighted by Crippen LogP contribution is -2.20. The molecule has 3 unspecified atom stereocenters. The Hall–Kier alpha value is -3.07. The molecule has 1 aromatic carbocycles. The zero-order chi connectivity index (χ0) is 18.8. The van der Waals surface area contributed by atoms with Crippen LogP contribution in [0.5, 0.6) is 0 Å². The molecule has 3 atom stereocenters. The Balaban J connectivity index is 1.85. The second-order valence-corrected chi connectivity index (χ2v) is 7.43. The minimum Gasteiger partial charge on any atom is -0.338 e. The lowest BCUT2D eigenvalue weighted by molar-refractivity contribution is 0.325. The van der Waals surface area contributed by atoms with Gasteiger partial charge in [0.2, 0.25) is 0 Å². The van der Waals surface area contributed by atoms with Gasteiger partial charge in [-0.15, -0.1) is 0 Å². The third-order valence-corrected chi connectivity index (χ3v) is 5.47. The zero-order valence-corrected chi connectivity index (χ0v) is 15.4. The van der Waals surface area contributed by atoms with Crippen LogP contribution in [0.15, 0.2) is 47.4 Å². The van der Waals surface area contributed by atoms with Crippen LogP contribution in [0.2, 0.25) is 0 Å². The van der Waals surface area contributed by atoms with Gasteiger partial charge in [0, 0.05) is 11.9 Å². The van der Waals surface area contributed by atoms with Crippen molar-refractivity contribution < 1.29 is 0 Å². The molecule has 0 amide bonds. The van der Waals surface area contributed by atoms with E-state index in [-0.39, 0.29) is 17.5 Å². The van der Waals surface area contributed by atoms with Crippen molar-refractivity contribution in [3.63, 3.8) is 0 Å². The van der Waals surface area contributed by atoms with E-state index in [2.05, 4.69) is 23.3 Å². The van der Waals surface area contributed by atoms with Crippen molar-refractivity contribution >= 4 is 22.4 Å². The van der Waals surface area contributed by atoms with Gasteiger partial charge in [0.1, 0.15) is 5.39 Å². The molecule has 0 spiro atoms. The summed E-state index contributed by atoms with van der Waals surface area (Å²) in [6.07, 6.45) is 5.61. The third-order valence-electron chi connectivity index (χ3n) is 5.47. The van der Waals surface area contributed by atoms with Gasteiger partial charge in [-0.05, 0) is 37.0 Å². The molecule has 0 bridgehead atoms. The molecule has 1 aliphatic carbocycles. The highest BCUT2D eigenvalue weighted by molar-refractivity contribution is 5.91. The van der Waals surface area contributed by atoms with E-state index in [0.29, 0.717) is 17.1 Å². The second-order valence-electron chi connectivity index (χ2n) is 7.43. The first-order valence-corrected chi connectivity index (χ1v) is 9.49. The first kappa shape index (κ1) is 17.3. The molecule has 2 N–H and O–H groups in total. The molecule has 2 aromatic heterocycles. The van der Waals surface area contributed by atoms with E-state index in [1.54, 1.807) is 6.20 Å². The Morgan fingerprint density at radius 2 is 2.07 bits per heavy atom. The number of H-pyrrole nitrogens is 1. The Bertz CT molecular complexity index is 1030. The maximum Gasteiger partial charge on any atom is 0.261 e. The predicted octanol–water partition coefficient (Wildman–Crippen LogP) is 4.36. The van der Waals surface area contributed by atoms with Crippen molar-refractivity contribution in [3.05, 3.63) is 52.9 Å². The van der Waals surface area contributed by atoms with Crippen LogP contribution in [0, 0.1) is 23.2 Å². The number of benzene rings is 1. The van der Waals surface area contributed by atoms with Crippen molar-refractivity contribution in [1.29, 1.82) is 5.26 Å². The number of hydrogen-bond acceptors (Lipinski definition) is 4. The van der Waals surface area contributed by atoms with Crippen LogP contribution in [0.1, 0.15) is 38.6 Å². The second kappa shape index (κ2) is 7.28. The zero-order valence-electron chi connectivity index (χ0n) is 15.4. The maximum absolute atomic E-state index is 12.6. The first-order valence-electron chi connectivity index (χ1n) is 9.49. The Morgan fingerprint density at radius 1 is 1.26 bits per heavy atom. The summed E-state index contributed by atoms with van der Waals surface area (Å²) < 4.78 is 1.91. The molecule has 1 fully saturated rings. The SMILES string of the molecule is CC1CCCC(C#N)C(n2nc(Nc3ccccc3)c3c(=O)[nH]ccc32)C1. The standard InChI is InChI=1S/C21H23N5O/c1-14-6-5-7-15(13-22)18(12-14)26-17-10-11-23-21(27)19(17)20(25-26)24-16-8-3-2-4-9-16/h2-4,8-11,14-15,18H,5-7,12H2,1H3,(H,23,27)(H,24,25). The van der Waals surface area contributed by atoms with Crippen LogP contribution >= 0.6 is 0 Å². The van der Waals surface area contributed by atoms with Crippen LogP contribution in [-0.2, 0) is 0 Å². The molecule has 6 nitrogen and oxygen atoms in total. The van der Waals surface area contributed by atoms with Gasteiger partial charge >= 0.3 is 0 Å². The number of nitriles is 1. The van der Waals surface area contributed by atoms with E-state index in [0.717, 1.165) is 36.9 Å². The van der Waals surface area contributed by atoms with E-state index in [9.17, 15) is 10.1 Å². The monoisotopic (exact) mass is 361 g/mol. The minimum absolute atomic E-state index is 0.0249. The largest absolute Gasteiger partial charge is 0.338 e. The Labute approximate surface area is 157 Å². The summed E-state index contributed by atoms with van der Waals surface area (Å²) in [5.74, 6) is 0.966. The molecular formula is C21H23N5O. The fourth-order valence-corrected chi connectivity index (χ4v) is 4.09. The van der Waals surface area contributed by atoms with Crippen LogP contribution in [0.25, 0.3) is 10.9 Å². The van der Waals surface area contributed by atoms with E-state index < -0.39 is 0 Å². The van der Waals surface area contributed by atoms with E-state index in [1.165, 1.54) is 0 Å². The van der Waals surface area contributed by atoms with Crippen molar-refractivity contribution in [3.8, 4) is 6.07 Å². The summed E-state index contributed by atoms with van der Waals surface area (Å²) in [5, 5.41) is 18.3. The topological polar surface area (TPSA) is 86.5 Å². The molecule has 3 aromatic rings. The van der Waals surface area contributed by atoms with Gasteiger partial charge in [-0.2, -0.15) is 10.4 Å². The molecule has 0 aliphatic heterocycles. The Kier molecular flexibility index (Phi) is 4.68. The van der Waals surface area contributed by atoms with Gasteiger partial charge in [-0.3, -0.25) is 9.48 Å². The molecule has 0 saturated heterocycles. The summed E-state index contributed by atoms with van der Waals surface area (Å²) in [6, 6.07) is 14.0. The van der Waals surface area contributed by atoms with E-state index >= 15 is 0 Å². The van der Waals surface area contributed by atoms with Gasteiger partial charge < -0.3 is 10.3 Å². The molecule has 6 heteroatoms. The fourth-order valence-electron chi connectivity index (χ4n) is 4.09. The number of aromatic amines is 1. The number of pyridine rings is 1. The Morgan fingerprint density at radius 3 is 2.85 bits per heavy atom. The summed E-state index contributed by atoms with van der Waals surface area (Å²) >= 11 is 0. The average Bonchev–Trinajstić information content (AvgIpc) is 2.93. The minimum atomic E-state index is -0.174. The number of nitrogens with one attached hydrogen (secondary N) is 2. The van der Waals surface area contributed by atoms with Crippen LogP contribution in [0.3, 0.4) is 0 Å². The number of para-hydroxylation sites is 1. The number of aromatic nitrogens is 3. The number of rotatable bonds is 3. The van der Waals surface area contributed by atoms with Crippen LogP contribution in [-0.4, -0.2) is 14.8 Å². The number of anilines is 2. The van der Waals surface area contributed by atoms with Gasteiger partial charge in [-0.1, -0.05) is 38.0 Å². The lowest BCUT2D eigenvalue weighted by Gasteiger charge is -2.22. The number of fused-ring (bicyclic) bond motifs is 1. The molecule has 0 radical (unpaired) electrons. The van der Waals surface area contributed by atoms with Crippen molar-refractivity contribution in [2.75, 3.05) is 5.32 Å². The highest BCUT2D eigenvalue weighted by Gasteiger charge is 2.31. The van der Waals surface area contributed by atoms with E-state index in [1.807, 2.05) is 41.1 Å². The van der Waals surface area contributed by atoms with Gasteiger partial charge in [0.25, 0.3) is 5.56 Å². The molecule has 27 heavy (non-hydrogen) atoms. The van der Waals surface area contributed by atoms with Gasteiger partial charge in [0.15, 0.2) is 5.82 Å². The molecule has 1 saturated carbocycles. The van der Waals surface area contributed by atoms with Crippen molar-refractivity contribution in [2.24, 2.45) is 11.8 Å². The molecule has 138 valence electrons. The molecule has 1 aliphatic rings. The van der Waals surface area contributed by atoms with Gasteiger partial charge in [0.05, 0.1) is 23.5 Å². The summed E-state index contributed by atoms with van der Waals surface area (Å²) in [6.45, 7) is 2.23. The predicted molar refractivity (Wildman–Crippen MR) is 106 cm³/mol. The average molecular weight is 361 g/mol. The van der Waals surface area contributed by atoms with Gasteiger partial charge in [-0.25, -0.2) is 0 Å². The summed E-state index contributed by atoms with van der Waals surface area (Å²) in [4.78, 5) is 15.3. The molecular weight excluding hydrogens is 338 g/mol. The van der Waals surface area contributed by atoms with Crippen LogP contribution < -0.4 is 10.9 Å². The highest BCUT2D eigenvalue weighted by atomic mass is 16.1. The summed E-state index contributed by atoms with van der Waals surface area (Å²) in [5.41, 5.74) is 1.47. The number of hydrogen-bond donors (Lipinski definition) is 2. The van der Waals surface area contributed by atoms with Crippen LogP contribution in [0.4, 0.5) is 11.5 Å². The first-order chi connectivity index (χ1) is 13.2. The lowest BCUT2D eigenvalue weighted by atomic mass is 9.94. The fraction of sp³-hybridized carbons (Fsp3) is 0.381. The summed E-state index contributed by atoms with van der Waals surface area (Å²) in [7, 11) is 0. The molecule has 4 rings (SSSR count). The molecule has 2 heterocycles. The quantitative estimate of drug-likeness (QED) is 0.679. The van der Waals surface area contributed by atoms with E-state index in [4.69, 9.17) is 5.10 Å². The van der Waals surface area contributed by atoms with Crippen molar-refractivity contribution in [2.45, 2.75) is 38.6 Å². The van der Waals surface area contributed by atoms with Crippen molar-refractivity contribution in [1.82, 2.24) is 14.8 Å². The normalized spacial score (nSPS) is 22.9. The maximum atomic E-state index is 12.6. The highest BCUT2D eigenvalue weighted by Crippen LogP contribution is 2.37.